The van der Waals surface area contributed by atoms with Gasteiger partial charge < -0.3 is 4.74 Å². The maximum atomic E-state index is 5.61. The molecule has 3 nitrogen and oxygen atoms in total. The lowest BCUT2D eigenvalue weighted by molar-refractivity contribution is 0.0971. The second kappa shape index (κ2) is 5.83. The topological polar surface area (TPSA) is 27.1 Å². The van der Waals surface area contributed by atoms with Gasteiger partial charge in [0.05, 0.1) is 12.3 Å². The molecule has 1 heterocycles. The summed E-state index contributed by atoms with van der Waals surface area (Å²) in [5, 5.41) is 4.29. The molecule has 96 valence electrons. The SMILES string of the molecule is Cc1ccnn1-c1ccc(COCC(C)C)cc1. The fourth-order valence-electron chi connectivity index (χ4n) is 1.79. The first kappa shape index (κ1) is 12.8. The van der Waals surface area contributed by atoms with Crippen LogP contribution in [0.3, 0.4) is 0 Å². The Balaban J connectivity index is 2.00. The molecule has 18 heavy (non-hydrogen) atoms. The molecular formula is C15H20N2O. The monoisotopic (exact) mass is 244 g/mol. The van der Waals surface area contributed by atoms with E-state index in [0.29, 0.717) is 12.5 Å². The van der Waals surface area contributed by atoms with E-state index in [1.165, 1.54) is 5.56 Å². The standard InChI is InChI=1S/C15H20N2O/c1-12(2)10-18-11-14-4-6-15(7-5-14)17-13(3)8-9-16-17/h4-9,12H,10-11H2,1-3H3. The van der Waals surface area contributed by atoms with Gasteiger partial charge in [-0.25, -0.2) is 4.68 Å². The zero-order valence-electron chi connectivity index (χ0n) is 11.3. The van der Waals surface area contributed by atoms with Crippen molar-refractivity contribution in [2.24, 2.45) is 5.92 Å². The van der Waals surface area contributed by atoms with Crippen LogP contribution in [-0.4, -0.2) is 16.4 Å². The molecule has 2 rings (SSSR count). The van der Waals surface area contributed by atoms with Crippen LogP contribution in [0.15, 0.2) is 36.5 Å². The van der Waals surface area contributed by atoms with Gasteiger partial charge in [0.1, 0.15) is 0 Å². The number of ether oxygens (including phenoxy) is 1. The average molecular weight is 244 g/mol. The van der Waals surface area contributed by atoms with Crippen LogP contribution < -0.4 is 0 Å². The molecule has 0 saturated heterocycles. The number of nitrogens with zero attached hydrogens (tertiary/aromatic N) is 2. The number of hydrogen-bond donors (Lipinski definition) is 0. The normalized spacial score (nSPS) is 11.1. The van der Waals surface area contributed by atoms with E-state index in [9.17, 15) is 0 Å². The number of hydrogen-bond acceptors (Lipinski definition) is 2. The minimum atomic E-state index is 0.580. The highest BCUT2D eigenvalue weighted by atomic mass is 16.5. The fraction of sp³-hybridized carbons (Fsp3) is 0.400. The summed E-state index contributed by atoms with van der Waals surface area (Å²) in [5.74, 6) is 0.580. The van der Waals surface area contributed by atoms with Crippen LogP contribution in [0.25, 0.3) is 5.69 Å². The van der Waals surface area contributed by atoms with Crippen LogP contribution in [0.4, 0.5) is 0 Å². The highest BCUT2D eigenvalue weighted by molar-refractivity contribution is 5.35. The van der Waals surface area contributed by atoms with E-state index in [4.69, 9.17) is 4.74 Å². The second-order valence-corrected chi connectivity index (χ2v) is 4.96. The van der Waals surface area contributed by atoms with Crippen LogP contribution in [0.2, 0.25) is 0 Å². The third-order valence-corrected chi connectivity index (χ3v) is 2.73. The molecule has 0 bridgehead atoms. The Morgan fingerprint density at radius 1 is 1.17 bits per heavy atom. The van der Waals surface area contributed by atoms with E-state index < -0.39 is 0 Å². The molecular weight excluding hydrogens is 224 g/mol. The van der Waals surface area contributed by atoms with Gasteiger partial charge in [0.15, 0.2) is 0 Å². The van der Waals surface area contributed by atoms with Crippen molar-refractivity contribution in [3.8, 4) is 5.69 Å². The first-order valence-electron chi connectivity index (χ1n) is 6.34. The Morgan fingerprint density at radius 2 is 1.89 bits per heavy atom. The predicted octanol–water partition coefficient (Wildman–Crippen LogP) is 3.35. The summed E-state index contributed by atoms with van der Waals surface area (Å²) in [6.07, 6.45) is 1.81. The van der Waals surface area contributed by atoms with E-state index in [-0.39, 0.29) is 0 Å². The summed E-state index contributed by atoms with van der Waals surface area (Å²) in [6.45, 7) is 7.84. The Labute approximate surface area is 108 Å². The van der Waals surface area contributed by atoms with Gasteiger partial charge in [-0.3, -0.25) is 0 Å². The van der Waals surface area contributed by atoms with Gasteiger partial charge in [0.2, 0.25) is 0 Å². The van der Waals surface area contributed by atoms with Crippen molar-refractivity contribution in [2.45, 2.75) is 27.4 Å². The zero-order valence-corrected chi connectivity index (χ0v) is 11.3. The molecule has 0 atom stereocenters. The largest absolute Gasteiger partial charge is 0.377 e. The smallest absolute Gasteiger partial charge is 0.0717 e. The molecule has 0 spiro atoms. The van der Waals surface area contributed by atoms with Gasteiger partial charge in [-0.2, -0.15) is 5.10 Å². The van der Waals surface area contributed by atoms with Crippen molar-refractivity contribution in [2.75, 3.05) is 6.61 Å². The van der Waals surface area contributed by atoms with Crippen molar-refractivity contribution in [1.29, 1.82) is 0 Å². The number of rotatable bonds is 5. The molecule has 0 aliphatic heterocycles. The van der Waals surface area contributed by atoms with Crippen LogP contribution in [0.1, 0.15) is 25.1 Å². The summed E-state index contributed by atoms with van der Waals surface area (Å²) >= 11 is 0. The second-order valence-electron chi connectivity index (χ2n) is 4.96. The van der Waals surface area contributed by atoms with Crippen molar-refractivity contribution in [3.63, 3.8) is 0 Å². The maximum absolute atomic E-state index is 5.61. The lowest BCUT2D eigenvalue weighted by Crippen LogP contribution is -2.02. The van der Waals surface area contributed by atoms with Gasteiger partial charge >= 0.3 is 0 Å². The quantitative estimate of drug-likeness (QED) is 0.806. The van der Waals surface area contributed by atoms with Crippen LogP contribution in [0, 0.1) is 12.8 Å². The zero-order chi connectivity index (χ0) is 13.0. The van der Waals surface area contributed by atoms with Gasteiger partial charge in [-0.05, 0) is 36.6 Å². The summed E-state index contributed by atoms with van der Waals surface area (Å²) in [6, 6.07) is 10.3. The highest BCUT2D eigenvalue weighted by Crippen LogP contribution is 2.12. The van der Waals surface area contributed by atoms with Gasteiger partial charge in [0, 0.05) is 18.5 Å². The average Bonchev–Trinajstić information content (AvgIpc) is 2.76. The van der Waals surface area contributed by atoms with Crippen molar-refractivity contribution in [1.82, 2.24) is 9.78 Å². The number of benzene rings is 1. The Morgan fingerprint density at radius 3 is 2.44 bits per heavy atom. The fourth-order valence-corrected chi connectivity index (χ4v) is 1.79. The first-order valence-corrected chi connectivity index (χ1v) is 6.34. The Kier molecular flexibility index (Phi) is 4.15. The van der Waals surface area contributed by atoms with Gasteiger partial charge in [0.25, 0.3) is 0 Å². The number of aromatic nitrogens is 2. The molecule has 0 fully saturated rings. The first-order chi connectivity index (χ1) is 8.66. The predicted molar refractivity (Wildman–Crippen MR) is 72.8 cm³/mol. The molecule has 1 aromatic carbocycles. The van der Waals surface area contributed by atoms with Crippen LogP contribution >= 0.6 is 0 Å². The molecule has 0 aliphatic carbocycles. The van der Waals surface area contributed by atoms with Crippen LogP contribution in [0.5, 0.6) is 0 Å². The molecule has 0 aliphatic rings. The molecule has 2 aromatic rings. The molecule has 1 aromatic heterocycles. The van der Waals surface area contributed by atoms with E-state index in [0.717, 1.165) is 18.0 Å². The van der Waals surface area contributed by atoms with Gasteiger partial charge in [-0.1, -0.05) is 26.0 Å². The lowest BCUT2D eigenvalue weighted by atomic mass is 10.2. The lowest BCUT2D eigenvalue weighted by Gasteiger charge is -2.08. The third kappa shape index (κ3) is 3.20. The van der Waals surface area contributed by atoms with E-state index in [2.05, 4.69) is 43.2 Å². The molecule has 0 unspecified atom stereocenters. The Bertz CT molecular complexity index is 485. The minimum absolute atomic E-state index is 0.580. The number of aryl methyl sites for hydroxylation is 1. The molecule has 0 amide bonds. The summed E-state index contributed by atoms with van der Waals surface area (Å²) in [7, 11) is 0. The van der Waals surface area contributed by atoms with E-state index in [1.54, 1.807) is 0 Å². The van der Waals surface area contributed by atoms with Gasteiger partial charge in [-0.15, -0.1) is 0 Å². The minimum Gasteiger partial charge on any atom is -0.377 e. The van der Waals surface area contributed by atoms with Crippen molar-refractivity contribution in [3.05, 3.63) is 47.8 Å². The van der Waals surface area contributed by atoms with Crippen LogP contribution in [-0.2, 0) is 11.3 Å². The van der Waals surface area contributed by atoms with E-state index in [1.807, 2.05) is 23.9 Å². The molecule has 0 N–H and O–H groups in total. The highest BCUT2D eigenvalue weighted by Gasteiger charge is 2.01. The molecule has 0 saturated carbocycles. The summed E-state index contributed by atoms with van der Waals surface area (Å²) < 4.78 is 7.54. The summed E-state index contributed by atoms with van der Waals surface area (Å²) in [4.78, 5) is 0. The van der Waals surface area contributed by atoms with E-state index >= 15 is 0 Å². The van der Waals surface area contributed by atoms with Crippen molar-refractivity contribution >= 4 is 0 Å². The Hall–Kier alpha value is -1.61. The molecule has 0 radical (unpaired) electrons. The maximum Gasteiger partial charge on any atom is 0.0717 e. The summed E-state index contributed by atoms with van der Waals surface area (Å²) in [5.41, 5.74) is 3.42. The molecule has 3 heteroatoms. The third-order valence-electron chi connectivity index (χ3n) is 2.73. The van der Waals surface area contributed by atoms with Crippen molar-refractivity contribution < 1.29 is 4.74 Å².